The average molecular weight is 555 g/mol. The molecule has 0 aliphatic carbocycles. The van der Waals surface area contributed by atoms with Gasteiger partial charge < -0.3 is 10.2 Å². The summed E-state index contributed by atoms with van der Waals surface area (Å²) in [6.45, 7) is 0. The van der Waals surface area contributed by atoms with Crippen molar-refractivity contribution in [2.45, 2.75) is 88.2 Å². The maximum atomic E-state index is 12.1. The Kier molecular flexibility index (Phi) is 14.8. The molecule has 1 aromatic heterocycles. The molecule has 1 heterocycles. The smallest absolute Gasteiger partial charge is 0.389 e. The van der Waals surface area contributed by atoms with Gasteiger partial charge in [-0.25, -0.2) is 5.10 Å². The number of aliphatic carboxylic acids is 1. The van der Waals surface area contributed by atoms with E-state index in [0.29, 0.717) is 23.6 Å². The van der Waals surface area contributed by atoms with E-state index in [1.165, 1.54) is 11.8 Å². The first kappa shape index (κ1) is 31.6. The molecule has 0 bridgehead atoms. The normalized spacial score (nSPS) is 13.9. The van der Waals surface area contributed by atoms with E-state index in [0.717, 1.165) is 50.5 Å². The van der Waals surface area contributed by atoms with Gasteiger partial charge in [0.15, 0.2) is 5.82 Å². The average Bonchev–Trinajstić information content (AvgIpc) is 3.42. The minimum Gasteiger partial charge on any atom is -0.481 e. The minimum atomic E-state index is -4.04. The molecule has 1 aromatic carbocycles. The van der Waals surface area contributed by atoms with Crippen LogP contribution in [0.25, 0.3) is 11.4 Å². The van der Waals surface area contributed by atoms with Crippen LogP contribution in [-0.4, -0.2) is 54.0 Å². The van der Waals surface area contributed by atoms with Gasteiger partial charge in [0.05, 0.1) is 17.8 Å². The SMILES string of the molecule is O=C(O)CCS[C@H](/C=C/C=C\CCCCCCCCCCC(F)(F)F)[C@@H](O)c1cccc(-c2nnn[nH]2)c1. The summed E-state index contributed by atoms with van der Waals surface area (Å²) >= 11 is 1.39. The van der Waals surface area contributed by atoms with Crippen molar-refractivity contribution in [3.05, 3.63) is 54.1 Å². The van der Waals surface area contributed by atoms with Crippen LogP contribution in [0, 0.1) is 0 Å². The van der Waals surface area contributed by atoms with Crippen molar-refractivity contribution < 1.29 is 28.2 Å². The van der Waals surface area contributed by atoms with Crippen LogP contribution in [0.5, 0.6) is 0 Å². The molecule has 0 amide bonds. The second kappa shape index (κ2) is 17.8. The van der Waals surface area contributed by atoms with E-state index in [2.05, 4.69) is 26.7 Å². The van der Waals surface area contributed by atoms with Gasteiger partial charge in [0.2, 0.25) is 0 Å². The topological polar surface area (TPSA) is 112 Å². The third-order valence-corrected chi connectivity index (χ3v) is 7.15. The van der Waals surface area contributed by atoms with Gasteiger partial charge in [-0.15, -0.1) is 5.10 Å². The number of alkyl halides is 3. The second-order valence-electron chi connectivity index (χ2n) is 9.09. The van der Waals surface area contributed by atoms with Crippen LogP contribution >= 0.6 is 11.8 Å². The van der Waals surface area contributed by atoms with Gasteiger partial charge in [-0.05, 0) is 41.3 Å². The Hall–Kier alpha value is -2.66. The molecule has 2 atom stereocenters. The van der Waals surface area contributed by atoms with Gasteiger partial charge in [0.25, 0.3) is 0 Å². The summed E-state index contributed by atoms with van der Waals surface area (Å²) in [5.74, 6) is -0.0106. The third kappa shape index (κ3) is 13.8. The second-order valence-corrected chi connectivity index (χ2v) is 10.4. The zero-order valence-corrected chi connectivity index (χ0v) is 22.3. The molecule has 0 fully saturated rings. The molecule has 0 aliphatic heterocycles. The lowest BCUT2D eigenvalue weighted by Crippen LogP contribution is -2.14. The van der Waals surface area contributed by atoms with Gasteiger partial charge in [-0.3, -0.25) is 4.79 Å². The minimum absolute atomic E-state index is 0.00883. The number of carboxylic acid groups (broad SMARTS) is 1. The highest BCUT2D eigenvalue weighted by Crippen LogP contribution is 2.30. The summed E-state index contributed by atoms with van der Waals surface area (Å²) in [6, 6.07) is 7.27. The first-order valence-electron chi connectivity index (χ1n) is 13.0. The Labute approximate surface area is 226 Å². The zero-order valence-electron chi connectivity index (χ0n) is 21.4. The molecule has 2 aromatic rings. The lowest BCUT2D eigenvalue weighted by molar-refractivity contribution is -0.137. The highest BCUT2D eigenvalue weighted by atomic mass is 32.2. The number of rotatable bonds is 19. The molecule has 0 unspecified atom stereocenters. The van der Waals surface area contributed by atoms with Crippen molar-refractivity contribution in [2.24, 2.45) is 0 Å². The predicted molar refractivity (Wildman–Crippen MR) is 144 cm³/mol. The van der Waals surface area contributed by atoms with Crippen molar-refractivity contribution in [1.82, 2.24) is 20.6 Å². The number of aromatic nitrogens is 4. The van der Waals surface area contributed by atoms with E-state index >= 15 is 0 Å². The van der Waals surface area contributed by atoms with E-state index in [1.807, 2.05) is 42.5 Å². The molecule has 3 N–H and O–H groups in total. The van der Waals surface area contributed by atoms with Gasteiger partial charge in [0, 0.05) is 17.7 Å². The number of aliphatic hydroxyl groups excluding tert-OH is 1. The first-order chi connectivity index (χ1) is 18.3. The van der Waals surface area contributed by atoms with Crippen LogP contribution in [-0.2, 0) is 4.79 Å². The molecule has 0 radical (unpaired) electrons. The summed E-state index contributed by atoms with van der Waals surface area (Å²) in [5.41, 5.74) is 1.42. The van der Waals surface area contributed by atoms with Gasteiger partial charge in [-0.1, -0.05) is 81.0 Å². The van der Waals surface area contributed by atoms with Crippen LogP contribution < -0.4 is 0 Å². The van der Waals surface area contributed by atoms with Gasteiger partial charge >= 0.3 is 12.1 Å². The zero-order chi connectivity index (χ0) is 27.6. The lowest BCUT2D eigenvalue weighted by Gasteiger charge is -2.20. The Morgan fingerprint density at radius 3 is 2.42 bits per heavy atom. The van der Waals surface area contributed by atoms with Gasteiger partial charge in [-0.2, -0.15) is 24.9 Å². The molecule has 0 spiro atoms. The highest BCUT2D eigenvalue weighted by Gasteiger charge is 2.25. The van der Waals surface area contributed by atoms with Crippen molar-refractivity contribution in [3.8, 4) is 11.4 Å². The molecule has 11 heteroatoms. The maximum absolute atomic E-state index is 12.1. The van der Waals surface area contributed by atoms with Crippen LogP contribution in [0.1, 0.15) is 82.3 Å². The molecule has 0 saturated carbocycles. The fourth-order valence-electron chi connectivity index (χ4n) is 3.87. The van der Waals surface area contributed by atoms with Crippen molar-refractivity contribution in [2.75, 3.05) is 5.75 Å². The number of hydrogen-bond acceptors (Lipinski definition) is 6. The van der Waals surface area contributed by atoms with E-state index in [4.69, 9.17) is 5.11 Å². The Morgan fingerprint density at radius 1 is 1.05 bits per heavy atom. The Morgan fingerprint density at radius 2 is 1.76 bits per heavy atom. The third-order valence-electron chi connectivity index (χ3n) is 5.91. The Bertz CT molecular complexity index is 984. The number of nitrogens with zero attached hydrogens (tertiary/aromatic N) is 3. The number of aromatic amines is 1. The molecule has 210 valence electrons. The molecule has 0 aliphatic rings. The highest BCUT2D eigenvalue weighted by molar-refractivity contribution is 8.00. The van der Waals surface area contributed by atoms with E-state index in [-0.39, 0.29) is 18.1 Å². The number of aliphatic hydroxyl groups is 1. The molecule has 7 nitrogen and oxygen atoms in total. The molecular weight excluding hydrogens is 517 g/mol. The number of hydrogen-bond donors (Lipinski definition) is 3. The number of H-pyrrole nitrogens is 1. The number of nitrogens with one attached hydrogen (secondary N) is 1. The molecule has 38 heavy (non-hydrogen) atoms. The quantitative estimate of drug-likeness (QED) is 0.126. The van der Waals surface area contributed by atoms with Crippen LogP contribution in [0.2, 0.25) is 0 Å². The van der Waals surface area contributed by atoms with Crippen LogP contribution in [0.4, 0.5) is 13.2 Å². The fraction of sp³-hybridized carbons (Fsp3) is 0.556. The number of carboxylic acids is 1. The maximum Gasteiger partial charge on any atom is 0.389 e. The lowest BCUT2D eigenvalue weighted by atomic mass is 10.0. The number of halogens is 3. The fourth-order valence-corrected chi connectivity index (χ4v) is 4.98. The Balaban J connectivity index is 1.74. The number of benzene rings is 1. The molecular formula is C27H37F3N4O3S. The van der Waals surface area contributed by atoms with Crippen LogP contribution in [0.15, 0.2) is 48.6 Å². The predicted octanol–water partition coefficient (Wildman–Crippen LogP) is 7.05. The van der Waals surface area contributed by atoms with E-state index in [9.17, 15) is 23.1 Å². The summed E-state index contributed by atoms with van der Waals surface area (Å²) in [7, 11) is 0. The summed E-state index contributed by atoms with van der Waals surface area (Å²) in [6.07, 6.45) is 10.1. The molecule has 0 saturated heterocycles. The number of carbonyl (C=O) groups is 1. The van der Waals surface area contributed by atoms with Crippen LogP contribution in [0.3, 0.4) is 0 Å². The summed E-state index contributed by atoms with van der Waals surface area (Å²) in [5, 5.41) is 33.4. The largest absolute Gasteiger partial charge is 0.481 e. The number of allylic oxidation sites excluding steroid dienone is 3. The summed E-state index contributed by atoms with van der Waals surface area (Å²) < 4.78 is 36.3. The standard InChI is InChI=1S/C27H37F3N4O3S/c28-27(29,30)18-12-10-8-6-4-2-1-3-5-7-9-11-16-23(38-19-17-24(35)36)25(37)21-14-13-15-22(20-21)26-31-33-34-32-26/h7,9,11,13-16,20,23,25,37H,1-6,8,10,12,17-19H2,(H,35,36)(H,31,32,33,34)/b9-7-,16-11+/t23-,25+/m1/s1. The monoisotopic (exact) mass is 554 g/mol. The van der Waals surface area contributed by atoms with Gasteiger partial charge in [0.1, 0.15) is 0 Å². The molecule has 2 rings (SSSR count). The van der Waals surface area contributed by atoms with E-state index < -0.39 is 24.7 Å². The van der Waals surface area contributed by atoms with Crippen molar-refractivity contribution in [3.63, 3.8) is 0 Å². The van der Waals surface area contributed by atoms with Crippen molar-refractivity contribution >= 4 is 17.7 Å². The number of thioether (sulfide) groups is 1. The summed E-state index contributed by atoms with van der Waals surface area (Å²) in [4.78, 5) is 11.0. The first-order valence-corrected chi connectivity index (χ1v) is 14.1. The van der Waals surface area contributed by atoms with Crippen molar-refractivity contribution in [1.29, 1.82) is 0 Å². The number of unbranched alkanes of at least 4 members (excludes halogenated alkanes) is 8. The number of tetrazole rings is 1. The van der Waals surface area contributed by atoms with E-state index in [1.54, 1.807) is 0 Å².